The third kappa shape index (κ3) is 4.57. The van der Waals surface area contributed by atoms with Gasteiger partial charge in [0.1, 0.15) is 0 Å². The van der Waals surface area contributed by atoms with Crippen LogP contribution in [-0.2, 0) is 19.1 Å². The number of alkyl halides is 9. The minimum atomic E-state index is -7.40. The van der Waals surface area contributed by atoms with Crippen LogP contribution in [0.25, 0.3) is 0 Å². The number of halogens is 9. The van der Waals surface area contributed by atoms with Crippen molar-refractivity contribution in [3.63, 3.8) is 0 Å². The number of hydrogen-bond donors (Lipinski definition) is 2. The zero-order chi connectivity index (χ0) is 20.7. The lowest BCUT2D eigenvalue weighted by molar-refractivity contribution is -0.382. The van der Waals surface area contributed by atoms with Gasteiger partial charge in [0.2, 0.25) is 0 Å². The predicted molar refractivity (Wildman–Crippen MR) is 60.4 cm³/mol. The van der Waals surface area contributed by atoms with Gasteiger partial charge >= 0.3 is 31.1 Å². The Morgan fingerprint density at radius 1 is 0.960 bits per heavy atom. The van der Waals surface area contributed by atoms with Crippen LogP contribution in [0.4, 0.5) is 39.5 Å². The van der Waals surface area contributed by atoms with E-state index in [9.17, 15) is 52.5 Å². The molecule has 0 aliphatic rings. The number of phosphoric acid groups is 1. The SMILES string of the molecule is CN(CCOP(=O)(O)O)S(=O)(=O)C(F)(F)C(F)(F)C(F)(F)C(F)(F)F. The number of likely N-dealkylation sites (N-methyl/N-ethyl adjacent to an activating group) is 1. The minimum absolute atomic E-state index is 0.0636. The Kier molecular flexibility index (Phi) is 6.68. The zero-order valence-electron chi connectivity index (χ0n) is 11.6. The molecule has 7 nitrogen and oxygen atoms in total. The number of rotatable bonds is 8. The maximum Gasteiger partial charge on any atom is 0.469 e. The fourth-order valence-electron chi connectivity index (χ4n) is 1.13. The molecule has 0 aromatic heterocycles. The van der Waals surface area contributed by atoms with Crippen molar-refractivity contribution in [2.75, 3.05) is 20.2 Å². The maximum atomic E-state index is 13.4. The lowest BCUT2D eigenvalue weighted by atomic mass is 10.1. The molecule has 0 saturated carbocycles. The van der Waals surface area contributed by atoms with Gasteiger partial charge in [-0.05, 0) is 0 Å². The first-order valence-corrected chi connectivity index (χ1v) is 8.46. The molecule has 0 radical (unpaired) electrons. The molecule has 0 aliphatic heterocycles. The molecule has 0 spiro atoms. The Hall–Kier alpha value is -0.610. The molecule has 0 unspecified atom stereocenters. The van der Waals surface area contributed by atoms with Crippen LogP contribution in [0.2, 0.25) is 0 Å². The highest BCUT2D eigenvalue weighted by Gasteiger charge is 2.85. The predicted octanol–water partition coefficient (Wildman–Crippen LogP) is 1.78. The normalized spacial score (nSPS) is 15.7. The largest absolute Gasteiger partial charge is 0.469 e. The van der Waals surface area contributed by atoms with Crippen molar-refractivity contribution in [2.45, 2.75) is 23.3 Å². The molecule has 18 heteroatoms. The minimum Gasteiger partial charge on any atom is -0.303 e. The molecule has 2 N–H and O–H groups in total. The molecule has 0 bridgehead atoms. The summed E-state index contributed by atoms with van der Waals surface area (Å²) in [6, 6.07) is 0. The smallest absolute Gasteiger partial charge is 0.303 e. The Bertz CT molecular complexity index is 629. The molecule has 0 rings (SSSR count). The van der Waals surface area contributed by atoms with Gasteiger partial charge in [0, 0.05) is 13.6 Å². The third-order valence-electron chi connectivity index (χ3n) is 2.52. The molecule has 0 aromatic carbocycles. The van der Waals surface area contributed by atoms with Gasteiger partial charge in [-0.3, -0.25) is 4.52 Å². The van der Waals surface area contributed by atoms with Crippen LogP contribution in [0.1, 0.15) is 0 Å². The van der Waals surface area contributed by atoms with E-state index in [1.54, 1.807) is 0 Å². The summed E-state index contributed by atoms with van der Waals surface area (Å²) in [4.78, 5) is 16.5. The second kappa shape index (κ2) is 6.84. The maximum absolute atomic E-state index is 13.4. The highest BCUT2D eigenvalue weighted by molar-refractivity contribution is 7.90. The van der Waals surface area contributed by atoms with Crippen molar-refractivity contribution in [1.29, 1.82) is 0 Å². The van der Waals surface area contributed by atoms with Crippen molar-refractivity contribution in [3.8, 4) is 0 Å². The first-order chi connectivity index (χ1) is 10.6. The van der Waals surface area contributed by atoms with E-state index in [0.717, 1.165) is 0 Å². The van der Waals surface area contributed by atoms with Crippen molar-refractivity contribution in [1.82, 2.24) is 4.31 Å². The fraction of sp³-hybridized carbons (Fsp3) is 1.00. The zero-order valence-corrected chi connectivity index (χ0v) is 13.4. The van der Waals surface area contributed by atoms with Gasteiger partial charge in [-0.1, -0.05) is 0 Å². The molecule has 0 aromatic rings. The van der Waals surface area contributed by atoms with Crippen molar-refractivity contribution >= 4 is 17.8 Å². The average Bonchev–Trinajstić information content (AvgIpc) is 2.34. The van der Waals surface area contributed by atoms with Gasteiger partial charge in [0.25, 0.3) is 10.0 Å². The van der Waals surface area contributed by atoms with Crippen molar-refractivity contribution in [3.05, 3.63) is 0 Å². The molecule has 0 fully saturated rings. The standard InChI is InChI=1S/C7H9F9NO6PS/c1-17(2-3-23-24(18,19)20)25(21,22)7(15,16)5(10,11)4(8,9)6(12,13)14/h2-3H2,1H3,(H2,18,19,20). The van der Waals surface area contributed by atoms with Crippen molar-refractivity contribution in [2.24, 2.45) is 0 Å². The van der Waals surface area contributed by atoms with Gasteiger partial charge < -0.3 is 9.79 Å². The summed E-state index contributed by atoms with van der Waals surface area (Å²) in [6.45, 7) is -2.84. The van der Waals surface area contributed by atoms with Gasteiger partial charge in [-0.25, -0.2) is 13.0 Å². The summed E-state index contributed by atoms with van der Waals surface area (Å²) in [7, 11) is -12.0. The van der Waals surface area contributed by atoms with Crippen molar-refractivity contribution < 1.29 is 66.8 Å². The van der Waals surface area contributed by atoms with Crippen LogP contribution in [0.15, 0.2) is 0 Å². The van der Waals surface area contributed by atoms with Crippen LogP contribution in [0.3, 0.4) is 0 Å². The van der Waals surface area contributed by atoms with E-state index in [0.29, 0.717) is 0 Å². The third-order valence-corrected chi connectivity index (χ3v) is 4.94. The van der Waals surface area contributed by atoms with Crippen LogP contribution in [-0.4, -0.2) is 66.0 Å². The molecule has 0 saturated heterocycles. The van der Waals surface area contributed by atoms with Gasteiger partial charge in [-0.15, -0.1) is 0 Å². The highest BCUT2D eigenvalue weighted by atomic mass is 32.2. The number of phosphoric ester groups is 1. The lowest BCUT2D eigenvalue weighted by Gasteiger charge is -2.34. The molecular weight excluding hydrogens is 428 g/mol. The van der Waals surface area contributed by atoms with E-state index in [4.69, 9.17) is 9.79 Å². The summed E-state index contributed by atoms with van der Waals surface area (Å²) in [5, 5.41) is -6.92. The molecule has 25 heavy (non-hydrogen) atoms. The Morgan fingerprint density at radius 2 is 1.36 bits per heavy atom. The van der Waals surface area contributed by atoms with E-state index in [2.05, 4.69) is 4.52 Å². The van der Waals surface area contributed by atoms with E-state index in [-0.39, 0.29) is 7.05 Å². The summed E-state index contributed by atoms with van der Waals surface area (Å²) in [6.07, 6.45) is -7.20. The number of nitrogens with zero attached hydrogens (tertiary/aromatic N) is 1. The highest BCUT2D eigenvalue weighted by Crippen LogP contribution is 2.55. The molecule has 0 heterocycles. The summed E-state index contributed by atoms with van der Waals surface area (Å²) in [5.74, 6) is -14.8. The quantitative estimate of drug-likeness (QED) is 0.443. The average molecular weight is 437 g/mol. The van der Waals surface area contributed by atoms with Gasteiger partial charge in [0.15, 0.2) is 0 Å². The monoisotopic (exact) mass is 437 g/mol. The molecule has 0 aliphatic carbocycles. The van der Waals surface area contributed by atoms with E-state index >= 15 is 0 Å². The molecule has 152 valence electrons. The van der Waals surface area contributed by atoms with E-state index in [1.165, 1.54) is 0 Å². The first-order valence-electron chi connectivity index (χ1n) is 5.49. The fourth-order valence-corrected chi connectivity index (χ4v) is 2.60. The summed E-state index contributed by atoms with van der Waals surface area (Å²) in [5.41, 5.74) is 0. The first kappa shape index (κ1) is 24.4. The lowest BCUT2D eigenvalue weighted by Crippen LogP contribution is -2.65. The molecule has 0 amide bonds. The Balaban J connectivity index is 5.70. The topological polar surface area (TPSA) is 104 Å². The van der Waals surface area contributed by atoms with Crippen LogP contribution in [0, 0.1) is 0 Å². The van der Waals surface area contributed by atoms with Gasteiger partial charge in [-0.2, -0.15) is 43.8 Å². The van der Waals surface area contributed by atoms with Crippen LogP contribution >= 0.6 is 7.82 Å². The summed E-state index contributed by atoms with van der Waals surface area (Å²) < 4.78 is 149. The number of hydrogen-bond acceptors (Lipinski definition) is 4. The Morgan fingerprint density at radius 3 is 1.68 bits per heavy atom. The van der Waals surface area contributed by atoms with Gasteiger partial charge in [0.05, 0.1) is 6.61 Å². The number of sulfonamides is 1. The van der Waals surface area contributed by atoms with Crippen LogP contribution in [0.5, 0.6) is 0 Å². The second-order valence-electron chi connectivity index (χ2n) is 4.31. The van der Waals surface area contributed by atoms with E-state index in [1.807, 2.05) is 0 Å². The van der Waals surface area contributed by atoms with E-state index < -0.39 is 58.6 Å². The molecular formula is C7H9F9NO6PS. The summed E-state index contributed by atoms with van der Waals surface area (Å²) >= 11 is 0. The second-order valence-corrected chi connectivity index (χ2v) is 7.64. The van der Waals surface area contributed by atoms with Crippen LogP contribution < -0.4 is 0 Å². The Labute approximate surface area is 133 Å². The molecule has 0 atom stereocenters.